The SMILES string of the molecule is CCCN(CCC)C(=O)c1ccc(C(=O)O)cn1. The van der Waals surface area contributed by atoms with Crippen molar-refractivity contribution in [2.45, 2.75) is 26.7 Å². The minimum Gasteiger partial charge on any atom is -0.478 e. The van der Waals surface area contributed by atoms with E-state index in [0.717, 1.165) is 12.8 Å². The maximum absolute atomic E-state index is 12.1. The molecular weight excluding hydrogens is 232 g/mol. The highest BCUT2D eigenvalue weighted by molar-refractivity contribution is 5.93. The number of hydrogen-bond donors (Lipinski definition) is 1. The summed E-state index contributed by atoms with van der Waals surface area (Å²) in [5.74, 6) is -1.18. The van der Waals surface area contributed by atoms with Crippen molar-refractivity contribution in [3.05, 3.63) is 29.6 Å². The first kappa shape index (κ1) is 14.2. The molecule has 5 nitrogen and oxygen atoms in total. The van der Waals surface area contributed by atoms with Gasteiger partial charge in [-0.25, -0.2) is 4.79 Å². The van der Waals surface area contributed by atoms with Gasteiger partial charge in [0.25, 0.3) is 5.91 Å². The predicted octanol–water partition coefficient (Wildman–Crippen LogP) is 2.04. The van der Waals surface area contributed by atoms with E-state index in [2.05, 4.69) is 4.98 Å². The highest BCUT2D eigenvalue weighted by atomic mass is 16.4. The van der Waals surface area contributed by atoms with E-state index in [1.54, 1.807) is 4.90 Å². The molecule has 5 heteroatoms. The van der Waals surface area contributed by atoms with E-state index in [1.165, 1.54) is 18.3 Å². The molecule has 0 atom stereocenters. The summed E-state index contributed by atoms with van der Waals surface area (Å²) in [6.07, 6.45) is 2.99. The minimum atomic E-state index is -1.04. The number of nitrogens with zero attached hydrogens (tertiary/aromatic N) is 2. The number of aromatic nitrogens is 1. The van der Waals surface area contributed by atoms with Crippen molar-refractivity contribution in [1.29, 1.82) is 0 Å². The molecule has 0 aliphatic carbocycles. The maximum atomic E-state index is 12.1. The predicted molar refractivity (Wildman–Crippen MR) is 67.7 cm³/mol. The van der Waals surface area contributed by atoms with Crippen molar-refractivity contribution in [1.82, 2.24) is 9.88 Å². The second-order valence-corrected chi connectivity index (χ2v) is 4.03. The van der Waals surface area contributed by atoms with E-state index >= 15 is 0 Å². The van der Waals surface area contributed by atoms with Crippen LogP contribution in [0.4, 0.5) is 0 Å². The van der Waals surface area contributed by atoms with Crippen molar-refractivity contribution in [3.8, 4) is 0 Å². The number of carbonyl (C=O) groups excluding carboxylic acids is 1. The Kier molecular flexibility index (Phi) is 5.30. The molecule has 0 aliphatic rings. The summed E-state index contributed by atoms with van der Waals surface area (Å²) in [7, 11) is 0. The van der Waals surface area contributed by atoms with E-state index in [-0.39, 0.29) is 11.5 Å². The molecule has 98 valence electrons. The Bertz CT molecular complexity index is 409. The zero-order chi connectivity index (χ0) is 13.5. The Balaban J connectivity index is 2.84. The third-order valence-corrected chi connectivity index (χ3v) is 2.50. The van der Waals surface area contributed by atoms with Crippen LogP contribution in [0.2, 0.25) is 0 Å². The lowest BCUT2D eigenvalue weighted by atomic mass is 10.2. The molecule has 0 unspecified atom stereocenters. The standard InChI is InChI=1S/C13H18N2O3/c1-3-7-15(8-4-2)12(16)11-6-5-10(9-14-11)13(17)18/h5-6,9H,3-4,7-8H2,1-2H3,(H,17,18). The number of hydrogen-bond acceptors (Lipinski definition) is 3. The van der Waals surface area contributed by atoms with Gasteiger partial charge >= 0.3 is 5.97 Å². The lowest BCUT2D eigenvalue weighted by Gasteiger charge is -2.20. The summed E-state index contributed by atoms with van der Waals surface area (Å²) >= 11 is 0. The van der Waals surface area contributed by atoms with Crippen molar-refractivity contribution < 1.29 is 14.7 Å². The first-order chi connectivity index (χ1) is 8.60. The lowest BCUT2D eigenvalue weighted by Crippen LogP contribution is -2.33. The van der Waals surface area contributed by atoms with Crippen molar-refractivity contribution in [2.24, 2.45) is 0 Å². The molecule has 0 spiro atoms. The Labute approximate surface area is 106 Å². The zero-order valence-corrected chi connectivity index (χ0v) is 10.7. The molecule has 0 saturated carbocycles. The van der Waals surface area contributed by atoms with Gasteiger partial charge in [-0.3, -0.25) is 9.78 Å². The van der Waals surface area contributed by atoms with Crippen molar-refractivity contribution in [2.75, 3.05) is 13.1 Å². The van der Waals surface area contributed by atoms with Crippen LogP contribution < -0.4 is 0 Å². The molecule has 1 heterocycles. The van der Waals surface area contributed by atoms with Gasteiger partial charge < -0.3 is 10.0 Å². The second-order valence-electron chi connectivity index (χ2n) is 4.03. The average molecular weight is 250 g/mol. The van der Waals surface area contributed by atoms with E-state index in [0.29, 0.717) is 18.8 Å². The average Bonchev–Trinajstić information content (AvgIpc) is 2.38. The van der Waals surface area contributed by atoms with Gasteiger partial charge in [-0.05, 0) is 25.0 Å². The summed E-state index contributed by atoms with van der Waals surface area (Å²) in [5.41, 5.74) is 0.381. The molecule has 1 aromatic rings. The normalized spacial score (nSPS) is 10.1. The van der Waals surface area contributed by atoms with E-state index in [1.807, 2.05) is 13.8 Å². The number of carboxylic acids is 1. The highest BCUT2D eigenvalue weighted by Gasteiger charge is 2.15. The molecule has 0 bridgehead atoms. The monoisotopic (exact) mass is 250 g/mol. The quantitative estimate of drug-likeness (QED) is 0.838. The van der Waals surface area contributed by atoms with Gasteiger partial charge in [-0.15, -0.1) is 0 Å². The number of aromatic carboxylic acids is 1. The number of rotatable bonds is 6. The van der Waals surface area contributed by atoms with Crippen LogP contribution in [0.1, 0.15) is 47.5 Å². The third kappa shape index (κ3) is 3.55. The van der Waals surface area contributed by atoms with Gasteiger partial charge in [0.2, 0.25) is 0 Å². The van der Waals surface area contributed by atoms with Crippen molar-refractivity contribution in [3.63, 3.8) is 0 Å². The molecule has 1 rings (SSSR count). The number of amides is 1. The number of carboxylic acid groups (broad SMARTS) is 1. The Morgan fingerprint density at radius 2 is 1.83 bits per heavy atom. The fourth-order valence-electron chi connectivity index (χ4n) is 1.66. The molecule has 1 aromatic heterocycles. The van der Waals surface area contributed by atoms with Crippen LogP contribution in [-0.2, 0) is 0 Å². The first-order valence-corrected chi connectivity index (χ1v) is 6.08. The number of carbonyl (C=O) groups is 2. The van der Waals surface area contributed by atoms with Crippen LogP contribution in [-0.4, -0.2) is 40.0 Å². The Morgan fingerprint density at radius 3 is 2.22 bits per heavy atom. The molecule has 18 heavy (non-hydrogen) atoms. The van der Waals surface area contributed by atoms with Gasteiger partial charge in [0.15, 0.2) is 0 Å². The largest absolute Gasteiger partial charge is 0.478 e. The third-order valence-electron chi connectivity index (χ3n) is 2.50. The molecule has 0 aromatic carbocycles. The summed E-state index contributed by atoms with van der Waals surface area (Å²) < 4.78 is 0. The topological polar surface area (TPSA) is 70.5 Å². The maximum Gasteiger partial charge on any atom is 0.337 e. The molecule has 0 radical (unpaired) electrons. The summed E-state index contributed by atoms with van der Waals surface area (Å²) in [5, 5.41) is 8.76. The van der Waals surface area contributed by atoms with E-state index in [4.69, 9.17) is 5.11 Å². The molecule has 0 fully saturated rings. The van der Waals surface area contributed by atoms with E-state index < -0.39 is 5.97 Å². The molecular formula is C13H18N2O3. The van der Waals surface area contributed by atoms with Crippen LogP contribution in [0, 0.1) is 0 Å². The molecule has 0 saturated heterocycles. The first-order valence-electron chi connectivity index (χ1n) is 6.08. The fraction of sp³-hybridized carbons (Fsp3) is 0.462. The minimum absolute atomic E-state index is 0.0871. The van der Waals surface area contributed by atoms with Gasteiger partial charge in [-0.1, -0.05) is 13.8 Å². The molecule has 1 amide bonds. The van der Waals surface area contributed by atoms with Crippen LogP contribution in [0.3, 0.4) is 0 Å². The Hall–Kier alpha value is -1.91. The van der Waals surface area contributed by atoms with Crippen LogP contribution in [0.15, 0.2) is 18.3 Å². The lowest BCUT2D eigenvalue weighted by molar-refractivity contribution is 0.0692. The Morgan fingerprint density at radius 1 is 1.22 bits per heavy atom. The smallest absolute Gasteiger partial charge is 0.337 e. The van der Waals surface area contributed by atoms with Crippen LogP contribution in [0.25, 0.3) is 0 Å². The molecule has 1 N–H and O–H groups in total. The van der Waals surface area contributed by atoms with Gasteiger partial charge in [0, 0.05) is 19.3 Å². The fourth-order valence-corrected chi connectivity index (χ4v) is 1.66. The van der Waals surface area contributed by atoms with Crippen LogP contribution in [0.5, 0.6) is 0 Å². The summed E-state index contributed by atoms with van der Waals surface area (Å²) in [6, 6.07) is 2.86. The van der Waals surface area contributed by atoms with E-state index in [9.17, 15) is 9.59 Å². The van der Waals surface area contributed by atoms with Gasteiger partial charge in [0.05, 0.1) is 5.56 Å². The zero-order valence-electron chi connectivity index (χ0n) is 10.7. The van der Waals surface area contributed by atoms with Crippen LogP contribution >= 0.6 is 0 Å². The van der Waals surface area contributed by atoms with Gasteiger partial charge in [-0.2, -0.15) is 0 Å². The number of pyridine rings is 1. The van der Waals surface area contributed by atoms with Gasteiger partial charge in [0.1, 0.15) is 5.69 Å². The summed E-state index contributed by atoms with van der Waals surface area (Å²) in [6.45, 7) is 5.40. The second kappa shape index (κ2) is 6.74. The van der Waals surface area contributed by atoms with Crippen molar-refractivity contribution >= 4 is 11.9 Å². The molecule has 0 aliphatic heterocycles. The highest BCUT2D eigenvalue weighted by Crippen LogP contribution is 2.06. The summed E-state index contributed by atoms with van der Waals surface area (Å²) in [4.78, 5) is 28.5.